The minimum Gasteiger partial charge on any atom is -0.693 e. The van der Waals surface area contributed by atoms with E-state index in [4.69, 9.17) is 25.5 Å². The quantitative estimate of drug-likeness (QED) is 0.111. The maximum Gasteiger partial charge on any atom is 0.0708 e. The van der Waals surface area contributed by atoms with Crippen LogP contribution in [-0.2, 0) is 18.8 Å². The number of para-hydroxylation sites is 1. The second kappa shape index (κ2) is 22.3. The molecule has 2 aromatic carbocycles. The van der Waals surface area contributed by atoms with Crippen molar-refractivity contribution in [2.45, 2.75) is 93.2 Å². The summed E-state index contributed by atoms with van der Waals surface area (Å²) in [4.78, 5) is 33.4. The number of nitrogens with one attached hydrogen (secondary N) is 2. The minimum atomic E-state index is -1.75. The van der Waals surface area contributed by atoms with Gasteiger partial charge in [0, 0.05) is 28.0 Å². The molecule has 0 aliphatic rings. The van der Waals surface area contributed by atoms with Crippen molar-refractivity contribution in [3.05, 3.63) is 82.4 Å². The second-order valence-electron chi connectivity index (χ2n) is 13.7. The second-order valence-corrected chi connectivity index (χ2v) is 13.7. The number of hydrogen-bond acceptors (Lipinski definition) is 6. The van der Waals surface area contributed by atoms with Crippen LogP contribution in [0.1, 0.15) is 82.1 Å². The van der Waals surface area contributed by atoms with Gasteiger partial charge in [-0.05, 0) is 62.8 Å². The number of halogens is 1. The zero-order chi connectivity index (χ0) is 34.9. The van der Waals surface area contributed by atoms with E-state index in [1.807, 2.05) is 52.1 Å². The molecule has 15 heteroatoms. The molecule has 0 aliphatic carbocycles. The molecule has 267 valence electrons. The van der Waals surface area contributed by atoms with E-state index < -0.39 is 17.3 Å². The van der Waals surface area contributed by atoms with Crippen LogP contribution in [-0.4, -0.2) is 43.5 Å². The van der Waals surface area contributed by atoms with E-state index in [0.717, 1.165) is 18.4 Å². The maximum atomic E-state index is 10.4. The number of nitrogens with two attached hydrogens (primary N) is 2. The van der Waals surface area contributed by atoms with Crippen molar-refractivity contribution in [1.29, 1.82) is 0 Å². The number of carboxylic acid groups (broad SMARTS) is 2. The van der Waals surface area contributed by atoms with Gasteiger partial charge in [0.15, 0.2) is 0 Å². The topological polar surface area (TPSA) is 245 Å². The average molecular weight is 850 g/mol. The summed E-state index contributed by atoms with van der Waals surface area (Å²) in [7, 11) is 4.61. The van der Waals surface area contributed by atoms with E-state index in [2.05, 4.69) is 96.9 Å². The smallest absolute Gasteiger partial charge is 0.0708 e. The van der Waals surface area contributed by atoms with Crippen LogP contribution in [0, 0.1) is 26.2 Å². The number of carbonyl (C=O) groups is 2. The number of nitrogens with zero attached hydrogens (tertiary/aromatic N) is 2. The van der Waals surface area contributed by atoms with Gasteiger partial charge in [0.05, 0.1) is 10.6 Å². The van der Waals surface area contributed by atoms with Crippen LogP contribution in [0.25, 0.3) is 34.0 Å². The van der Waals surface area contributed by atoms with Crippen LogP contribution >= 0.6 is 9.42 Å². The summed E-state index contributed by atoms with van der Waals surface area (Å²) in [5.41, 5.74) is 0.665. The third kappa shape index (κ3) is 26.0. The molecule has 0 spiro atoms. The van der Waals surface area contributed by atoms with E-state index in [9.17, 15) is 9.59 Å². The fraction of sp³-hybridized carbons (Fsp3) is 0.516. The molecule has 0 aliphatic heterocycles. The molecule has 0 saturated heterocycles. The molecule has 8 N–H and O–H groups in total. The van der Waals surface area contributed by atoms with Crippen LogP contribution in [0.3, 0.4) is 0 Å². The summed E-state index contributed by atoms with van der Waals surface area (Å²) in [5.74, 6) is 0. The molecule has 3 rings (SSSR count). The molecule has 0 unspecified atom stereocenters. The number of amides is 2. The summed E-state index contributed by atoms with van der Waals surface area (Å²) in [6.45, 7) is 20.2. The summed E-state index contributed by atoms with van der Waals surface area (Å²) < 4.78 is 0. The molecule has 0 radical (unpaired) electrons. The van der Waals surface area contributed by atoms with Crippen LogP contribution < -0.4 is 10.6 Å². The van der Waals surface area contributed by atoms with Gasteiger partial charge in [0.2, 0.25) is 0 Å². The van der Waals surface area contributed by atoms with Crippen LogP contribution in [0.15, 0.2) is 54.7 Å². The first-order valence-electron chi connectivity index (χ1n) is 13.6. The maximum absolute atomic E-state index is 10.4. The van der Waals surface area contributed by atoms with Crippen LogP contribution in [0.5, 0.6) is 0 Å². The third-order valence-corrected chi connectivity index (χ3v) is 5.33. The number of benzene rings is 2. The predicted octanol–water partition coefficient (Wildman–Crippen LogP) is 10.2. The van der Waals surface area contributed by atoms with Gasteiger partial charge in [-0.2, -0.15) is 0 Å². The van der Waals surface area contributed by atoms with Gasteiger partial charge in [0.1, 0.15) is 0 Å². The molecule has 1 heterocycles. The summed E-state index contributed by atoms with van der Waals surface area (Å²) in [6, 6.07) is 16.6. The summed E-state index contributed by atoms with van der Waals surface area (Å²) >= 11 is 1.61. The Kier molecular flexibility index (Phi) is 24.1. The Morgan fingerprint density at radius 2 is 1.07 bits per heavy atom. The van der Waals surface area contributed by atoms with E-state index in [1.54, 1.807) is 18.8 Å². The summed E-state index contributed by atoms with van der Waals surface area (Å²) in [5, 5.41) is 40.5. The Hall–Kier alpha value is -3.25. The molecule has 0 atom stereocenters. The Morgan fingerprint density at radius 3 is 1.41 bits per heavy atom. The summed E-state index contributed by atoms with van der Waals surface area (Å²) in [6.07, 6.45) is 1.67. The van der Waals surface area contributed by atoms with Crippen LogP contribution in [0.2, 0.25) is 0 Å². The number of pyridine rings is 1. The van der Waals surface area contributed by atoms with Gasteiger partial charge in [-0.25, -0.2) is 9.59 Å². The SMILES string of the molecule is CC(C)(C)CC(C)(C)NC(=O)O.CC(C)(C)CC(C)(C)NC(=O)O.O=[N+]([O-])[O-].[Cl][Pt].[NH2-].[NH2-].c1ccc2c(c1)cnc1ccccc12. The minimum absolute atomic E-state index is 0. The number of fused-ring (bicyclic) bond motifs is 3. The largest absolute Gasteiger partial charge is 0.693 e. The van der Waals surface area contributed by atoms with Gasteiger partial charge in [-0.15, -0.1) is 0 Å². The van der Waals surface area contributed by atoms with Crippen molar-refractivity contribution in [1.82, 2.24) is 15.6 Å². The van der Waals surface area contributed by atoms with Crippen molar-refractivity contribution >= 4 is 43.3 Å². The molecule has 0 bridgehead atoms. The molecule has 46 heavy (non-hydrogen) atoms. The Labute approximate surface area is 288 Å². The molecule has 0 saturated carbocycles. The fourth-order valence-corrected chi connectivity index (χ4v) is 5.13. The fourth-order valence-electron chi connectivity index (χ4n) is 5.13. The van der Waals surface area contributed by atoms with Crippen molar-refractivity contribution in [2.75, 3.05) is 0 Å². The van der Waals surface area contributed by atoms with Gasteiger partial charge in [-0.3, -0.25) is 4.98 Å². The number of aromatic nitrogens is 1. The molecule has 1 aromatic heterocycles. The molecular weight excluding hydrogens is 799 g/mol. The van der Waals surface area contributed by atoms with Crippen molar-refractivity contribution in [3.8, 4) is 0 Å². The van der Waals surface area contributed by atoms with Gasteiger partial charge >= 0.3 is 40.4 Å². The third-order valence-electron chi connectivity index (χ3n) is 5.33. The zero-order valence-electron chi connectivity index (χ0n) is 28.3. The van der Waals surface area contributed by atoms with Crippen molar-refractivity contribution in [2.24, 2.45) is 10.8 Å². The first-order chi connectivity index (χ1) is 19.9. The van der Waals surface area contributed by atoms with E-state index in [1.165, 1.54) is 16.2 Å². The molecule has 13 nitrogen and oxygen atoms in total. The molecule has 0 fully saturated rings. The predicted molar refractivity (Wildman–Crippen MR) is 185 cm³/mol. The Bertz CT molecular complexity index is 1230. The zero-order valence-corrected chi connectivity index (χ0v) is 31.3. The van der Waals surface area contributed by atoms with Crippen LogP contribution in [0.4, 0.5) is 9.59 Å². The standard InChI is InChI=1S/C13H9N.2C9H19NO2.ClH.NO3.2H2N.Pt/c1-2-6-11-10(5-1)9-14-13-8-4-3-7-12(11)13;2*1-8(2,3)6-9(4,5)10-7(11)12;;2-1(3)4;;;/h1-9H;2*10H,6H2,1-5H3,(H,11,12);1H;;2*1H2;/q;;;;3*-1;+1/p-1. The monoisotopic (exact) mass is 849 g/mol. The number of hydrogen-bond donors (Lipinski definition) is 4. The van der Waals surface area contributed by atoms with Crippen molar-refractivity contribution < 1.29 is 43.7 Å². The van der Waals surface area contributed by atoms with Gasteiger partial charge < -0.3 is 48.5 Å². The Morgan fingerprint density at radius 1 is 0.739 bits per heavy atom. The van der Waals surface area contributed by atoms with E-state index in [-0.39, 0.29) is 34.2 Å². The van der Waals surface area contributed by atoms with E-state index in [0.29, 0.717) is 0 Å². The first kappa shape index (κ1) is 49.6. The first-order valence-corrected chi connectivity index (χ1v) is 16.4. The van der Waals surface area contributed by atoms with Gasteiger partial charge in [-0.1, -0.05) is 84.0 Å². The average Bonchev–Trinajstić information content (AvgIpc) is 2.81. The molecule has 2 amide bonds. The molecular formula is C31H51ClN6O7Pt-3. The Balaban J connectivity index is -0.000000261. The normalized spacial score (nSPS) is 10.6. The van der Waals surface area contributed by atoms with E-state index >= 15 is 0 Å². The van der Waals surface area contributed by atoms with Gasteiger partial charge in [0.25, 0.3) is 0 Å². The number of rotatable bonds is 4. The van der Waals surface area contributed by atoms with Crippen molar-refractivity contribution in [3.63, 3.8) is 0 Å². The molecule has 3 aromatic rings.